The standard InChI is InChI=1S/C14H16F3NO2/c15-14(16,17)10-6-4-5-9(11(10)18)13(12(19)20)7-2-1-3-8-13/h4-6H,1-3,7-8,18H2,(H,19,20). The van der Waals surface area contributed by atoms with Gasteiger partial charge in [-0.15, -0.1) is 0 Å². The fourth-order valence-corrected chi connectivity index (χ4v) is 2.98. The van der Waals surface area contributed by atoms with Crippen molar-refractivity contribution in [1.82, 2.24) is 0 Å². The maximum absolute atomic E-state index is 12.9. The molecule has 0 radical (unpaired) electrons. The lowest BCUT2D eigenvalue weighted by molar-refractivity contribution is -0.145. The second-order valence-corrected chi connectivity index (χ2v) is 5.21. The first-order valence-corrected chi connectivity index (χ1v) is 6.48. The number of hydrogen-bond acceptors (Lipinski definition) is 2. The van der Waals surface area contributed by atoms with E-state index in [0.717, 1.165) is 12.5 Å². The van der Waals surface area contributed by atoms with Gasteiger partial charge in [-0.1, -0.05) is 31.4 Å². The highest BCUT2D eigenvalue weighted by Gasteiger charge is 2.44. The van der Waals surface area contributed by atoms with E-state index < -0.39 is 28.8 Å². The SMILES string of the molecule is Nc1c(C(F)(F)F)cccc1C1(C(=O)O)CCCCC1. The zero-order valence-corrected chi connectivity index (χ0v) is 10.8. The van der Waals surface area contributed by atoms with Crippen LogP contribution in [0.2, 0.25) is 0 Å². The van der Waals surface area contributed by atoms with Crippen LogP contribution in [0.4, 0.5) is 18.9 Å². The Hall–Kier alpha value is -1.72. The minimum absolute atomic E-state index is 0.0968. The van der Waals surface area contributed by atoms with Gasteiger partial charge in [-0.2, -0.15) is 13.2 Å². The van der Waals surface area contributed by atoms with Crippen molar-refractivity contribution >= 4 is 11.7 Å². The number of nitrogens with two attached hydrogens (primary N) is 1. The summed E-state index contributed by atoms with van der Waals surface area (Å²) in [7, 11) is 0. The van der Waals surface area contributed by atoms with Gasteiger partial charge in [0.1, 0.15) is 0 Å². The molecule has 0 heterocycles. The van der Waals surface area contributed by atoms with Crippen LogP contribution in [0.5, 0.6) is 0 Å². The molecule has 110 valence electrons. The van der Waals surface area contributed by atoms with E-state index in [1.54, 1.807) is 0 Å². The highest BCUT2D eigenvalue weighted by molar-refractivity contribution is 5.84. The molecule has 0 aliphatic heterocycles. The van der Waals surface area contributed by atoms with Gasteiger partial charge >= 0.3 is 12.1 Å². The molecule has 1 aromatic rings. The number of carboxylic acid groups (broad SMARTS) is 1. The molecule has 3 N–H and O–H groups in total. The number of aliphatic carboxylic acids is 1. The summed E-state index contributed by atoms with van der Waals surface area (Å²) in [4.78, 5) is 11.7. The van der Waals surface area contributed by atoms with Crippen LogP contribution in [0.3, 0.4) is 0 Å². The Balaban J connectivity index is 2.58. The summed E-state index contributed by atoms with van der Waals surface area (Å²) in [6.45, 7) is 0. The van der Waals surface area contributed by atoms with E-state index in [4.69, 9.17) is 5.73 Å². The van der Waals surface area contributed by atoms with E-state index in [-0.39, 0.29) is 5.56 Å². The average Bonchev–Trinajstić information content (AvgIpc) is 2.38. The fourth-order valence-electron chi connectivity index (χ4n) is 2.98. The van der Waals surface area contributed by atoms with Crippen molar-refractivity contribution in [2.45, 2.75) is 43.7 Å². The molecule has 1 fully saturated rings. The summed E-state index contributed by atoms with van der Waals surface area (Å²) >= 11 is 0. The normalized spacial score (nSPS) is 18.8. The van der Waals surface area contributed by atoms with Crippen molar-refractivity contribution in [2.24, 2.45) is 0 Å². The number of nitrogen functional groups attached to an aromatic ring is 1. The van der Waals surface area contributed by atoms with Crippen LogP contribution in [0.25, 0.3) is 0 Å². The maximum Gasteiger partial charge on any atom is 0.418 e. The highest BCUT2D eigenvalue weighted by Crippen LogP contribution is 2.45. The largest absolute Gasteiger partial charge is 0.481 e. The summed E-state index contributed by atoms with van der Waals surface area (Å²) < 4.78 is 38.7. The quantitative estimate of drug-likeness (QED) is 0.817. The molecule has 1 aliphatic rings. The fraction of sp³-hybridized carbons (Fsp3) is 0.500. The average molecular weight is 287 g/mol. The first kappa shape index (κ1) is 14.7. The molecule has 6 heteroatoms. The molecule has 1 saturated carbocycles. The molecule has 1 aromatic carbocycles. The number of benzene rings is 1. The predicted octanol–water partition coefficient (Wildman–Crippen LogP) is 3.57. The van der Waals surface area contributed by atoms with Crippen LogP contribution in [0, 0.1) is 0 Å². The summed E-state index contributed by atoms with van der Waals surface area (Å²) in [6.07, 6.45) is -1.66. The van der Waals surface area contributed by atoms with E-state index in [1.807, 2.05) is 0 Å². The minimum Gasteiger partial charge on any atom is -0.481 e. The summed E-state index contributed by atoms with van der Waals surface area (Å²) in [5, 5.41) is 9.52. The second kappa shape index (κ2) is 5.00. The van der Waals surface area contributed by atoms with Gasteiger partial charge < -0.3 is 10.8 Å². The van der Waals surface area contributed by atoms with Crippen molar-refractivity contribution in [2.75, 3.05) is 5.73 Å². The Bertz CT molecular complexity index is 520. The third kappa shape index (κ3) is 2.34. The predicted molar refractivity (Wildman–Crippen MR) is 68.3 cm³/mol. The molecule has 0 atom stereocenters. The molecule has 3 nitrogen and oxygen atoms in total. The Kier molecular flexibility index (Phi) is 3.67. The van der Waals surface area contributed by atoms with Crippen LogP contribution in [0.1, 0.15) is 43.2 Å². The van der Waals surface area contributed by atoms with Gasteiger partial charge in [0.2, 0.25) is 0 Å². The van der Waals surface area contributed by atoms with Gasteiger partial charge in [0, 0.05) is 5.69 Å². The van der Waals surface area contributed by atoms with Crippen LogP contribution in [-0.4, -0.2) is 11.1 Å². The Morgan fingerprint density at radius 1 is 1.20 bits per heavy atom. The summed E-state index contributed by atoms with van der Waals surface area (Å²) in [5.41, 5.74) is 3.04. The zero-order chi connectivity index (χ0) is 15.0. The summed E-state index contributed by atoms with van der Waals surface area (Å²) in [6, 6.07) is 3.52. The van der Waals surface area contributed by atoms with Crippen LogP contribution < -0.4 is 5.73 Å². The summed E-state index contributed by atoms with van der Waals surface area (Å²) in [5.74, 6) is -1.09. The lowest BCUT2D eigenvalue weighted by Crippen LogP contribution is -2.38. The van der Waals surface area contributed by atoms with Crippen molar-refractivity contribution in [3.8, 4) is 0 Å². The number of rotatable bonds is 2. The van der Waals surface area contributed by atoms with Gasteiger partial charge in [0.15, 0.2) is 0 Å². The lowest BCUT2D eigenvalue weighted by atomic mass is 9.68. The molecular formula is C14H16F3NO2. The number of halogens is 3. The molecule has 0 spiro atoms. The first-order chi connectivity index (χ1) is 9.29. The molecule has 0 saturated heterocycles. The third-order valence-electron chi connectivity index (χ3n) is 4.04. The van der Waals surface area contributed by atoms with E-state index in [2.05, 4.69) is 0 Å². The number of anilines is 1. The highest BCUT2D eigenvalue weighted by atomic mass is 19.4. The smallest absolute Gasteiger partial charge is 0.418 e. The molecule has 0 bridgehead atoms. The molecule has 0 amide bonds. The van der Waals surface area contributed by atoms with Gasteiger partial charge in [-0.25, -0.2) is 0 Å². The number of hydrogen-bond donors (Lipinski definition) is 2. The van der Waals surface area contributed by atoms with Crippen molar-refractivity contribution < 1.29 is 23.1 Å². The van der Waals surface area contributed by atoms with E-state index in [1.165, 1.54) is 12.1 Å². The number of para-hydroxylation sites is 1. The number of carbonyl (C=O) groups is 1. The Morgan fingerprint density at radius 3 is 2.30 bits per heavy atom. The topological polar surface area (TPSA) is 63.3 Å². The van der Waals surface area contributed by atoms with Gasteiger partial charge in [0.05, 0.1) is 11.0 Å². The molecular weight excluding hydrogens is 271 g/mol. The van der Waals surface area contributed by atoms with Crippen LogP contribution in [-0.2, 0) is 16.4 Å². The Morgan fingerprint density at radius 2 is 1.80 bits per heavy atom. The molecule has 1 aliphatic carbocycles. The van der Waals surface area contributed by atoms with E-state index >= 15 is 0 Å². The number of carboxylic acids is 1. The number of alkyl halides is 3. The zero-order valence-electron chi connectivity index (χ0n) is 10.8. The maximum atomic E-state index is 12.9. The lowest BCUT2D eigenvalue weighted by Gasteiger charge is -2.35. The minimum atomic E-state index is -4.57. The van der Waals surface area contributed by atoms with Crippen molar-refractivity contribution in [3.05, 3.63) is 29.3 Å². The Labute approximate surface area is 114 Å². The van der Waals surface area contributed by atoms with Crippen LogP contribution >= 0.6 is 0 Å². The molecule has 2 rings (SSSR count). The monoisotopic (exact) mass is 287 g/mol. The molecule has 0 aromatic heterocycles. The van der Waals surface area contributed by atoms with Gasteiger partial charge in [0.25, 0.3) is 0 Å². The van der Waals surface area contributed by atoms with Crippen molar-refractivity contribution in [1.29, 1.82) is 0 Å². The third-order valence-corrected chi connectivity index (χ3v) is 4.04. The second-order valence-electron chi connectivity index (χ2n) is 5.21. The first-order valence-electron chi connectivity index (χ1n) is 6.48. The van der Waals surface area contributed by atoms with Gasteiger partial charge in [-0.05, 0) is 24.5 Å². The van der Waals surface area contributed by atoms with E-state index in [9.17, 15) is 23.1 Å². The van der Waals surface area contributed by atoms with Crippen molar-refractivity contribution in [3.63, 3.8) is 0 Å². The van der Waals surface area contributed by atoms with E-state index in [0.29, 0.717) is 25.7 Å². The molecule has 0 unspecified atom stereocenters. The van der Waals surface area contributed by atoms with Crippen LogP contribution in [0.15, 0.2) is 18.2 Å². The molecule has 20 heavy (non-hydrogen) atoms. The van der Waals surface area contributed by atoms with Gasteiger partial charge in [-0.3, -0.25) is 4.79 Å².